The van der Waals surface area contributed by atoms with Crippen molar-refractivity contribution in [1.82, 2.24) is 9.55 Å². The molecular formula is C17H14Cl2N2O2. The average Bonchev–Trinajstić information content (AvgIpc) is 2.54. The lowest BCUT2D eigenvalue weighted by molar-refractivity contribution is 0.416. The molecule has 0 atom stereocenters. The SMILES string of the molecule is CCn1c(=O)c(-c2c(Cl)cccc2OC)cc2cnc(Cl)cc21. The summed E-state index contributed by atoms with van der Waals surface area (Å²) in [4.78, 5) is 17.0. The van der Waals surface area contributed by atoms with Crippen molar-refractivity contribution < 1.29 is 4.74 Å². The van der Waals surface area contributed by atoms with E-state index in [2.05, 4.69) is 4.98 Å². The van der Waals surface area contributed by atoms with Gasteiger partial charge in [0.15, 0.2) is 0 Å². The molecule has 4 nitrogen and oxygen atoms in total. The molecule has 3 rings (SSSR count). The van der Waals surface area contributed by atoms with Crippen LogP contribution in [0.4, 0.5) is 0 Å². The number of benzene rings is 1. The lowest BCUT2D eigenvalue weighted by Gasteiger charge is -2.14. The molecule has 0 bridgehead atoms. The molecule has 0 aliphatic rings. The van der Waals surface area contributed by atoms with Crippen LogP contribution in [0.25, 0.3) is 22.0 Å². The molecule has 2 heterocycles. The molecule has 6 heteroatoms. The summed E-state index contributed by atoms with van der Waals surface area (Å²) >= 11 is 12.3. The molecule has 1 aromatic carbocycles. The third-order valence-electron chi connectivity index (χ3n) is 3.73. The first-order valence-electron chi connectivity index (χ1n) is 7.08. The molecule has 118 valence electrons. The van der Waals surface area contributed by atoms with Crippen molar-refractivity contribution in [2.45, 2.75) is 13.5 Å². The Labute approximate surface area is 143 Å². The van der Waals surface area contributed by atoms with Crippen LogP contribution in [0.5, 0.6) is 5.75 Å². The number of rotatable bonds is 3. The zero-order chi connectivity index (χ0) is 16.6. The fourth-order valence-corrected chi connectivity index (χ4v) is 3.10. The van der Waals surface area contributed by atoms with E-state index in [-0.39, 0.29) is 5.56 Å². The van der Waals surface area contributed by atoms with E-state index in [1.54, 1.807) is 48.2 Å². The normalized spacial score (nSPS) is 11.0. The molecule has 0 radical (unpaired) electrons. The van der Waals surface area contributed by atoms with Crippen LogP contribution in [-0.4, -0.2) is 16.7 Å². The standard InChI is InChI=1S/C17H14Cl2N2O2/c1-3-21-13-8-15(19)20-9-10(13)7-11(17(21)22)16-12(18)5-4-6-14(16)23-2/h4-9H,3H2,1-2H3. The number of pyridine rings is 2. The van der Waals surface area contributed by atoms with E-state index in [0.29, 0.717) is 33.6 Å². The first-order valence-corrected chi connectivity index (χ1v) is 7.84. The van der Waals surface area contributed by atoms with Gasteiger partial charge in [0.2, 0.25) is 0 Å². The Hall–Kier alpha value is -2.04. The minimum Gasteiger partial charge on any atom is -0.496 e. The summed E-state index contributed by atoms with van der Waals surface area (Å²) in [6, 6.07) is 8.76. The van der Waals surface area contributed by atoms with E-state index >= 15 is 0 Å². The third-order valence-corrected chi connectivity index (χ3v) is 4.25. The molecule has 2 aromatic heterocycles. The summed E-state index contributed by atoms with van der Waals surface area (Å²) in [7, 11) is 1.55. The molecule has 0 saturated carbocycles. The van der Waals surface area contributed by atoms with Crippen LogP contribution in [0, 0.1) is 0 Å². The zero-order valence-corrected chi connectivity index (χ0v) is 14.1. The molecule has 0 aliphatic heterocycles. The Morgan fingerprint density at radius 3 is 2.74 bits per heavy atom. The van der Waals surface area contributed by atoms with E-state index in [4.69, 9.17) is 27.9 Å². The largest absolute Gasteiger partial charge is 0.496 e. The van der Waals surface area contributed by atoms with E-state index in [1.165, 1.54) is 0 Å². The predicted molar refractivity (Wildman–Crippen MR) is 93.7 cm³/mol. The third kappa shape index (κ3) is 2.69. The number of aryl methyl sites for hydroxylation is 1. The highest BCUT2D eigenvalue weighted by Gasteiger charge is 2.17. The van der Waals surface area contributed by atoms with E-state index in [1.807, 2.05) is 6.92 Å². The van der Waals surface area contributed by atoms with Crippen LogP contribution in [0.3, 0.4) is 0 Å². The van der Waals surface area contributed by atoms with Crippen LogP contribution >= 0.6 is 23.2 Å². The summed E-state index contributed by atoms with van der Waals surface area (Å²) in [6.45, 7) is 2.42. The monoisotopic (exact) mass is 348 g/mol. The van der Waals surface area contributed by atoms with Crippen LogP contribution in [0.15, 0.2) is 41.3 Å². The highest BCUT2D eigenvalue weighted by molar-refractivity contribution is 6.33. The highest BCUT2D eigenvalue weighted by atomic mass is 35.5. The molecular weight excluding hydrogens is 335 g/mol. The quantitative estimate of drug-likeness (QED) is 0.659. The van der Waals surface area contributed by atoms with Crippen molar-refractivity contribution in [3.05, 3.63) is 57.1 Å². The first kappa shape index (κ1) is 15.8. The maximum absolute atomic E-state index is 12.9. The van der Waals surface area contributed by atoms with Gasteiger partial charge in [-0.2, -0.15) is 0 Å². The highest BCUT2D eigenvalue weighted by Crippen LogP contribution is 2.35. The minimum atomic E-state index is -0.145. The smallest absolute Gasteiger partial charge is 0.259 e. The topological polar surface area (TPSA) is 44.1 Å². The lowest BCUT2D eigenvalue weighted by Crippen LogP contribution is -2.21. The second-order valence-corrected chi connectivity index (χ2v) is 5.78. The molecule has 3 aromatic rings. The van der Waals surface area contributed by atoms with E-state index in [0.717, 1.165) is 10.9 Å². The zero-order valence-electron chi connectivity index (χ0n) is 12.6. The van der Waals surface area contributed by atoms with Gasteiger partial charge in [0.05, 0.1) is 23.2 Å². The maximum Gasteiger partial charge on any atom is 0.259 e. The molecule has 0 saturated heterocycles. The van der Waals surface area contributed by atoms with Gasteiger partial charge in [-0.3, -0.25) is 4.79 Å². The summed E-state index contributed by atoms with van der Waals surface area (Å²) in [6.07, 6.45) is 1.65. The number of methoxy groups -OCH3 is 1. The number of hydrogen-bond acceptors (Lipinski definition) is 3. The van der Waals surface area contributed by atoms with Crippen LogP contribution in [0.1, 0.15) is 6.92 Å². The van der Waals surface area contributed by atoms with E-state index in [9.17, 15) is 4.79 Å². The molecule has 0 fully saturated rings. The van der Waals surface area contributed by atoms with Crippen molar-refractivity contribution in [1.29, 1.82) is 0 Å². The number of nitrogens with zero attached hydrogens (tertiary/aromatic N) is 2. The van der Waals surface area contributed by atoms with Crippen molar-refractivity contribution >= 4 is 34.1 Å². The van der Waals surface area contributed by atoms with Gasteiger partial charge in [0.25, 0.3) is 5.56 Å². The maximum atomic E-state index is 12.9. The Morgan fingerprint density at radius 1 is 1.26 bits per heavy atom. The minimum absolute atomic E-state index is 0.145. The molecule has 0 aliphatic carbocycles. The molecule has 0 N–H and O–H groups in total. The number of aromatic nitrogens is 2. The second-order valence-electron chi connectivity index (χ2n) is 4.99. The Morgan fingerprint density at radius 2 is 2.04 bits per heavy atom. The lowest BCUT2D eigenvalue weighted by atomic mass is 10.0. The first-order chi connectivity index (χ1) is 11.1. The Kier molecular flexibility index (Phi) is 4.28. The van der Waals surface area contributed by atoms with Crippen LogP contribution < -0.4 is 10.3 Å². The van der Waals surface area contributed by atoms with Crippen molar-refractivity contribution in [2.75, 3.05) is 7.11 Å². The van der Waals surface area contributed by atoms with Gasteiger partial charge < -0.3 is 9.30 Å². The summed E-state index contributed by atoms with van der Waals surface area (Å²) < 4.78 is 7.02. The number of ether oxygens (including phenoxy) is 1. The van der Waals surface area contributed by atoms with Gasteiger partial charge >= 0.3 is 0 Å². The molecule has 0 spiro atoms. The second kappa shape index (κ2) is 6.22. The molecule has 23 heavy (non-hydrogen) atoms. The fourth-order valence-electron chi connectivity index (χ4n) is 2.68. The van der Waals surface area contributed by atoms with Gasteiger partial charge in [-0.1, -0.05) is 29.3 Å². The average molecular weight is 349 g/mol. The van der Waals surface area contributed by atoms with Crippen LogP contribution in [-0.2, 0) is 6.54 Å². The molecule has 0 amide bonds. The van der Waals surface area contributed by atoms with Crippen molar-refractivity contribution in [3.8, 4) is 16.9 Å². The van der Waals surface area contributed by atoms with Crippen molar-refractivity contribution in [3.63, 3.8) is 0 Å². The Balaban J connectivity index is 2.43. The van der Waals surface area contributed by atoms with Gasteiger partial charge in [0, 0.05) is 23.7 Å². The number of fused-ring (bicyclic) bond motifs is 1. The molecule has 0 unspecified atom stereocenters. The van der Waals surface area contributed by atoms with Gasteiger partial charge in [-0.25, -0.2) is 4.98 Å². The number of hydrogen-bond donors (Lipinski definition) is 0. The summed E-state index contributed by atoms with van der Waals surface area (Å²) in [5.41, 5.74) is 1.66. The Bertz CT molecular complexity index is 951. The summed E-state index contributed by atoms with van der Waals surface area (Å²) in [5, 5.41) is 1.63. The van der Waals surface area contributed by atoms with Gasteiger partial charge in [-0.15, -0.1) is 0 Å². The van der Waals surface area contributed by atoms with Gasteiger partial charge in [0.1, 0.15) is 10.9 Å². The number of halogens is 2. The predicted octanol–water partition coefficient (Wildman–Crippen LogP) is 4.40. The van der Waals surface area contributed by atoms with Crippen molar-refractivity contribution in [2.24, 2.45) is 0 Å². The fraction of sp³-hybridized carbons (Fsp3) is 0.176. The van der Waals surface area contributed by atoms with Gasteiger partial charge in [-0.05, 0) is 31.2 Å². The van der Waals surface area contributed by atoms with E-state index < -0.39 is 0 Å². The van der Waals surface area contributed by atoms with Crippen LogP contribution in [0.2, 0.25) is 10.2 Å². The summed E-state index contributed by atoms with van der Waals surface area (Å²) in [5.74, 6) is 0.554.